The number of ether oxygens (including phenoxy) is 1. The number of carbonyl (C=O) groups is 2. The molecule has 1 amide bonds. The monoisotopic (exact) mass is 291 g/mol. The Bertz CT molecular complexity index is 659. The minimum atomic E-state index is -0.590. The van der Waals surface area contributed by atoms with E-state index in [1.807, 2.05) is 13.8 Å². The number of carbonyl (C=O) groups excluding carboxylic acids is 2. The zero-order valence-electron chi connectivity index (χ0n) is 12.2. The average Bonchev–Trinajstić information content (AvgIpc) is 3.04. The van der Waals surface area contributed by atoms with Gasteiger partial charge >= 0.3 is 5.97 Å². The number of rotatable bonds is 5. The van der Waals surface area contributed by atoms with Gasteiger partial charge in [0.1, 0.15) is 6.54 Å². The van der Waals surface area contributed by atoms with Crippen LogP contribution in [0.15, 0.2) is 18.6 Å². The molecule has 0 radical (unpaired) electrons. The Morgan fingerprint density at radius 2 is 2.10 bits per heavy atom. The van der Waals surface area contributed by atoms with Gasteiger partial charge in [-0.2, -0.15) is 10.2 Å². The van der Waals surface area contributed by atoms with Crippen molar-refractivity contribution in [3.8, 4) is 0 Å². The van der Waals surface area contributed by atoms with E-state index in [1.54, 1.807) is 23.3 Å². The van der Waals surface area contributed by atoms with Gasteiger partial charge in [0.25, 0.3) is 0 Å². The number of methoxy groups -OCH3 is 1. The van der Waals surface area contributed by atoms with Gasteiger partial charge in [0.05, 0.1) is 19.0 Å². The maximum Gasteiger partial charge on any atom is 0.360 e. The molecule has 2 aromatic rings. The summed E-state index contributed by atoms with van der Waals surface area (Å²) in [5.74, 6) is -0.883. The van der Waals surface area contributed by atoms with Crippen molar-refractivity contribution in [3.05, 3.63) is 29.8 Å². The van der Waals surface area contributed by atoms with Gasteiger partial charge in [0.2, 0.25) is 5.91 Å². The Kier molecular flexibility index (Phi) is 4.36. The second-order valence-electron chi connectivity index (χ2n) is 4.50. The highest BCUT2D eigenvalue weighted by Crippen LogP contribution is 2.15. The molecule has 0 saturated heterocycles. The molecule has 2 aromatic heterocycles. The fraction of sp³-hybridized carbons (Fsp3) is 0.385. The highest BCUT2D eigenvalue weighted by molar-refractivity contribution is 5.99. The predicted molar refractivity (Wildman–Crippen MR) is 74.8 cm³/mol. The second-order valence-corrected chi connectivity index (χ2v) is 4.50. The summed E-state index contributed by atoms with van der Waals surface area (Å²) in [7, 11) is 1.27. The Hall–Kier alpha value is -2.64. The molecule has 0 bridgehead atoms. The fourth-order valence-electron chi connectivity index (χ4n) is 1.81. The van der Waals surface area contributed by atoms with Gasteiger partial charge in [-0.25, -0.2) is 4.79 Å². The molecule has 0 aromatic carbocycles. The van der Waals surface area contributed by atoms with Crippen LogP contribution in [-0.2, 0) is 22.6 Å². The van der Waals surface area contributed by atoms with E-state index in [2.05, 4.69) is 20.3 Å². The number of aryl methyl sites for hydroxylation is 2. The van der Waals surface area contributed by atoms with Crippen LogP contribution in [0.5, 0.6) is 0 Å². The lowest BCUT2D eigenvalue weighted by Gasteiger charge is -2.04. The van der Waals surface area contributed by atoms with E-state index >= 15 is 0 Å². The van der Waals surface area contributed by atoms with Crippen molar-refractivity contribution in [3.63, 3.8) is 0 Å². The van der Waals surface area contributed by atoms with Crippen molar-refractivity contribution in [1.82, 2.24) is 19.6 Å². The van der Waals surface area contributed by atoms with Gasteiger partial charge in [0, 0.05) is 18.9 Å². The van der Waals surface area contributed by atoms with Crippen LogP contribution < -0.4 is 5.32 Å². The molecule has 2 heterocycles. The van der Waals surface area contributed by atoms with Gasteiger partial charge in [-0.05, 0) is 19.4 Å². The Morgan fingerprint density at radius 1 is 1.33 bits per heavy atom. The van der Waals surface area contributed by atoms with Crippen LogP contribution >= 0.6 is 0 Å². The van der Waals surface area contributed by atoms with Crippen molar-refractivity contribution in [2.45, 2.75) is 26.9 Å². The number of nitrogens with zero attached hydrogens (tertiary/aromatic N) is 4. The number of anilines is 1. The molecular formula is C13H17N5O3. The van der Waals surface area contributed by atoms with Gasteiger partial charge in [0.15, 0.2) is 5.69 Å². The van der Waals surface area contributed by atoms with Crippen LogP contribution in [0.4, 0.5) is 5.69 Å². The topological polar surface area (TPSA) is 91.0 Å². The maximum atomic E-state index is 12.0. The number of amides is 1. The standard InChI is InChI=1S/C13H17N5O3/c1-4-17-7-10(12(16-17)13(20)21-3)15-11(19)8-18-6-9(2)5-14-18/h5-7H,4,8H2,1-3H3,(H,15,19). The molecule has 0 aliphatic carbocycles. The highest BCUT2D eigenvalue weighted by atomic mass is 16.5. The van der Waals surface area contributed by atoms with E-state index < -0.39 is 5.97 Å². The smallest absolute Gasteiger partial charge is 0.360 e. The summed E-state index contributed by atoms with van der Waals surface area (Å²) in [6, 6.07) is 0. The quantitative estimate of drug-likeness (QED) is 0.824. The molecule has 21 heavy (non-hydrogen) atoms. The summed E-state index contributed by atoms with van der Waals surface area (Å²) in [6.07, 6.45) is 5.02. The van der Waals surface area contributed by atoms with Crippen LogP contribution in [0.3, 0.4) is 0 Å². The summed E-state index contributed by atoms with van der Waals surface area (Å²) < 4.78 is 7.73. The lowest BCUT2D eigenvalue weighted by Crippen LogP contribution is -2.20. The summed E-state index contributed by atoms with van der Waals surface area (Å²) in [5, 5.41) is 10.8. The zero-order valence-corrected chi connectivity index (χ0v) is 12.2. The SMILES string of the molecule is CCn1cc(NC(=O)Cn2cc(C)cn2)c(C(=O)OC)n1. The summed E-state index contributed by atoms with van der Waals surface area (Å²) in [6.45, 7) is 4.41. The largest absolute Gasteiger partial charge is 0.464 e. The predicted octanol–water partition coefficient (Wildman–Crippen LogP) is 0.833. The van der Waals surface area contributed by atoms with Crippen LogP contribution in [0.1, 0.15) is 23.0 Å². The van der Waals surface area contributed by atoms with Crippen molar-refractivity contribution in [2.24, 2.45) is 0 Å². The van der Waals surface area contributed by atoms with Gasteiger partial charge in [-0.1, -0.05) is 0 Å². The third-order valence-electron chi connectivity index (χ3n) is 2.81. The molecular weight excluding hydrogens is 274 g/mol. The number of hydrogen-bond acceptors (Lipinski definition) is 5. The first-order valence-electron chi connectivity index (χ1n) is 6.48. The minimum Gasteiger partial charge on any atom is -0.464 e. The van der Waals surface area contributed by atoms with Gasteiger partial charge < -0.3 is 10.1 Å². The van der Waals surface area contributed by atoms with E-state index in [4.69, 9.17) is 0 Å². The Morgan fingerprint density at radius 3 is 2.67 bits per heavy atom. The minimum absolute atomic E-state index is 0.0613. The molecule has 0 saturated carbocycles. The van der Waals surface area contributed by atoms with Crippen molar-refractivity contribution < 1.29 is 14.3 Å². The van der Waals surface area contributed by atoms with Gasteiger partial charge in [-0.3, -0.25) is 14.2 Å². The highest BCUT2D eigenvalue weighted by Gasteiger charge is 2.19. The Labute approximate surface area is 121 Å². The first-order valence-corrected chi connectivity index (χ1v) is 6.48. The first kappa shape index (κ1) is 14.8. The lowest BCUT2D eigenvalue weighted by atomic mass is 10.3. The van der Waals surface area contributed by atoms with E-state index in [-0.39, 0.29) is 18.1 Å². The molecule has 0 aliphatic rings. The average molecular weight is 291 g/mol. The molecule has 0 fully saturated rings. The van der Waals surface area contributed by atoms with Gasteiger partial charge in [-0.15, -0.1) is 0 Å². The van der Waals surface area contributed by atoms with Crippen LogP contribution in [0, 0.1) is 6.92 Å². The molecule has 8 nitrogen and oxygen atoms in total. The van der Waals surface area contributed by atoms with Crippen molar-refractivity contribution in [2.75, 3.05) is 12.4 Å². The van der Waals surface area contributed by atoms with Crippen molar-refractivity contribution >= 4 is 17.6 Å². The maximum absolute atomic E-state index is 12.0. The lowest BCUT2D eigenvalue weighted by molar-refractivity contribution is -0.116. The molecule has 2 rings (SSSR count). The molecule has 8 heteroatoms. The number of hydrogen-bond donors (Lipinski definition) is 1. The third kappa shape index (κ3) is 3.47. The van der Waals surface area contributed by atoms with Crippen LogP contribution in [-0.4, -0.2) is 38.5 Å². The van der Waals surface area contributed by atoms with E-state index in [0.717, 1.165) is 5.56 Å². The molecule has 0 spiro atoms. The first-order chi connectivity index (χ1) is 10.0. The molecule has 0 aliphatic heterocycles. The molecule has 112 valence electrons. The second kappa shape index (κ2) is 6.21. The Balaban J connectivity index is 2.12. The molecule has 1 N–H and O–H groups in total. The normalized spacial score (nSPS) is 10.4. The summed E-state index contributed by atoms with van der Waals surface area (Å²) in [4.78, 5) is 23.6. The summed E-state index contributed by atoms with van der Waals surface area (Å²) >= 11 is 0. The van der Waals surface area contributed by atoms with Crippen molar-refractivity contribution in [1.29, 1.82) is 0 Å². The number of esters is 1. The number of nitrogens with one attached hydrogen (secondary N) is 1. The molecule has 0 unspecified atom stereocenters. The number of aromatic nitrogens is 4. The fourth-order valence-corrected chi connectivity index (χ4v) is 1.81. The third-order valence-corrected chi connectivity index (χ3v) is 2.81. The molecule has 0 atom stereocenters. The van der Waals surface area contributed by atoms with E-state index in [1.165, 1.54) is 11.8 Å². The summed E-state index contributed by atoms with van der Waals surface area (Å²) in [5.41, 5.74) is 1.39. The van der Waals surface area contributed by atoms with Crippen LogP contribution in [0.25, 0.3) is 0 Å². The van der Waals surface area contributed by atoms with Crippen LogP contribution in [0.2, 0.25) is 0 Å². The zero-order chi connectivity index (χ0) is 15.4. The van der Waals surface area contributed by atoms with E-state index in [0.29, 0.717) is 12.2 Å². The van der Waals surface area contributed by atoms with E-state index in [9.17, 15) is 9.59 Å².